The topological polar surface area (TPSA) is 101 Å². The third kappa shape index (κ3) is 14.0. The lowest BCUT2D eigenvalue weighted by Crippen LogP contribution is -2.45. The molecular weight excluding hydrogens is 324 g/mol. The Balaban J connectivity index is 0.000000352. The molecule has 0 saturated carbocycles. The number of aromatic carboxylic acids is 1. The Hall–Kier alpha value is -2.12. The van der Waals surface area contributed by atoms with Crippen LogP contribution in [0.2, 0.25) is 0 Å². The molecule has 1 aromatic rings. The molecule has 0 atom stereocenters. The number of quaternary nitrogens is 1. The van der Waals surface area contributed by atoms with Crippen LogP contribution in [0.3, 0.4) is 0 Å². The number of carbonyl (C=O) groups excluding carboxylic acids is 1. The van der Waals surface area contributed by atoms with Crippen molar-refractivity contribution < 1.29 is 29.4 Å². The molecule has 1 aliphatic rings. The first-order chi connectivity index (χ1) is 11.5. The summed E-state index contributed by atoms with van der Waals surface area (Å²) < 4.78 is 0.419. The lowest BCUT2D eigenvalue weighted by atomic mass is 10.1. The molecule has 0 unspecified atom stereocenters. The van der Waals surface area contributed by atoms with E-state index in [0.29, 0.717) is 4.48 Å². The highest BCUT2D eigenvalue weighted by Crippen LogP contribution is 2.08. The second-order valence-electron chi connectivity index (χ2n) is 7.04. The quantitative estimate of drug-likeness (QED) is 0.773. The van der Waals surface area contributed by atoms with E-state index in [1.807, 2.05) is 0 Å². The number of aromatic hydroxyl groups is 1. The minimum atomic E-state index is -1.00. The summed E-state index contributed by atoms with van der Waals surface area (Å²) in [6, 6.07) is 5.36. The fourth-order valence-corrected chi connectivity index (χ4v) is 2.04. The highest BCUT2D eigenvalue weighted by Gasteiger charge is 2.05. The number of rotatable bonds is 3. The third-order valence-corrected chi connectivity index (χ3v) is 3.30. The van der Waals surface area contributed by atoms with Gasteiger partial charge in [0.05, 0.1) is 32.7 Å². The van der Waals surface area contributed by atoms with Crippen molar-refractivity contribution in [2.45, 2.75) is 19.3 Å². The first-order valence-corrected chi connectivity index (χ1v) is 8.22. The number of benzene rings is 1. The van der Waals surface area contributed by atoms with Gasteiger partial charge in [0.2, 0.25) is 0 Å². The summed E-state index contributed by atoms with van der Waals surface area (Å²) in [5.41, 5.74) is 0.179. The van der Waals surface area contributed by atoms with Gasteiger partial charge in [-0.15, -0.1) is 0 Å². The maximum Gasteiger partial charge on any atom is 0.335 e. The number of phenols is 1. The van der Waals surface area contributed by atoms with Gasteiger partial charge in [0.15, 0.2) is 0 Å². The Morgan fingerprint density at radius 1 is 1.08 bits per heavy atom. The van der Waals surface area contributed by atoms with E-state index < -0.39 is 11.9 Å². The number of nitrogens with zero attached hydrogens (tertiary/aromatic N) is 2. The normalized spacial score (nSPS) is 14.4. The first-order valence-electron chi connectivity index (χ1n) is 8.22. The average Bonchev–Trinajstić information content (AvgIpc) is 2.47. The zero-order valence-corrected chi connectivity index (χ0v) is 15.6. The molecule has 0 bridgehead atoms. The number of hydrogen-bond donors (Lipinski definition) is 2. The van der Waals surface area contributed by atoms with E-state index in [0.717, 1.165) is 0 Å². The zero-order chi connectivity index (χ0) is 19.5. The van der Waals surface area contributed by atoms with E-state index in [4.69, 9.17) is 10.2 Å². The highest BCUT2D eigenvalue weighted by molar-refractivity contribution is 5.87. The van der Waals surface area contributed by atoms with Crippen LogP contribution in [0.4, 0.5) is 0 Å². The van der Waals surface area contributed by atoms with Crippen LogP contribution in [0.5, 0.6) is 5.75 Å². The number of hydrogen-bond acceptors (Lipinski definition) is 5. The van der Waals surface area contributed by atoms with Gasteiger partial charge in [-0.1, -0.05) is 6.42 Å². The van der Waals surface area contributed by atoms with Crippen molar-refractivity contribution in [1.29, 1.82) is 0 Å². The van der Waals surface area contributed by atoms with Crippen molar-refractivity contribution in [2.75, 3.05) is 47.8 Å². The molecule has 0 radical (unpaired) electrons. The van der Waals surface area contributed by atoms with Crippen LogP contribution >= 0.6 is 0 Å². The van der Waals surface area contributed by atoms with Gasteiger partial charge in [-0.25, -0.2) is 4.79 Å². The number of carboxylic acid groups (broad SMARTS) is 2. The second kappa shape index (κ2) is 11.4. The Kier molecular flexibility index (Phi) is 10.5. The summed E-state index contributed by atoms with van der Waals surface area (Å²) >= 11 is 0. The molecular formula is C18H30N2O5. The maximum absolute atomic E-state index is 10.2. The van der Waals surface area contributed by atoms with Gasteiger partial charge in [0, 0.05) is 0 Å². The predicted octanol–water partition coefficient (Wildman–Crippen LogP) is 0.635. The molecule has 0 amide bonds. The van der Waals surface area contributed by atoms with E-state index in [1.54, 1.807) is 21.1 Å². The number of carboxylic acids is 2. The van der Waals surface area contributed by atoms with Crippen LogP contribution in [-0.2, 0) is 4.79 Å². The first kappa shape index (κ1) is 22.9. The Bertz CT molecular complexity index is 517. The Morgan fingerprint density at radius 2 is 1.56 bits per heavy atom. The van der Waals surface area contributed by atoms with Crippen LogP contribution < -0.4 is 5.11 Å². The largest absolute Gasteiger partial charge is 0.544 e. The monoisotopic (exact) mass is 354 g/mol. The van der Waals surface area contributed by atoms with Crippen molar-refractivity contribution in [2.24, 2.45) is 0 Å². The fraction of sp³-hybridized carbons (Fsp3) is 0.556. The van der Waals surface area contributed by atoms with Crippen molar-refractivity contribution in [3.05, 3.63) is 29.8 Å². The molecule has 1 aromatic carbocycles. The van der Waals surface area contributed by atoms with Crippen molar-refractivity contribution in [3.63, 3.8) is 0 Å². The molecule has 1 fully saturated rings. The average molecular weight is 354 g/mol. The van der Waals surface area contributed by atoms with Crippen molar-refractivity contribution in [3.8, 4) is 5.75 Å². The summed E-state index contributed by atoms with van der Waals surface area (Å²) in [5, 5.41) is 27.0. The van der Waals surface area contributed by atoms with Gasteiger partial charge in [-0.05, 0) is 57.2 Å². The molecule has 0 aromatic heterocycles. The predicted molar refractivity (Wildman–Crippen MR) is 94.3 cm³/mol. The van der Waals surface area contributed by atoms with Gasteiger partial charge >= 0.3 is 5.97 Å². The van der Waals surface area contributed by atoms with Gasteiger partial charge < -0.3 is 29.5 Å². The lowest BCUT2D eigenvalue weighted by Gasteiger charge is -2.23. The molecule has 7 nitrogen and oxygen atoms in total. The summed E-state index contributed by atoms with van der Waals surface area (Å²) in [5.74, 6) is -1.91. The minimum absolute atomic E-state index is 0.0694. The smallest absolute Gasteiger partial charge is 0.335 e. The Morgan fingerprint density at radius 3 is 1.80 bits per heavy atom. The molecule has 25 heavy (non-hydrogen) atoms. The number of likely N-dealkylation sites (N-methyl/N-ethyl adjacent to an activating group) is 1. The molecule has 0 spiro atoms. The van der Waals surface area contributed by atoms with Crippen LogP contribution in [0.25, 0.3) is 0 Å². The summed E-state index contributed by atoms with van der Waals surface area (Å²) in [4.78, 5) is 22.5. The zero-order valence-electron chi connectivity index (χ0n) is 15.6. The van der Waals surface area contributed by atoms with Gasteiger partial charge in [0.1, 0.15) is 12.3 Å². The van der Waals surface area contributed by atoms with Gasteiger partial charge in [0.25, 0.3) is 0 Å². The lowest BCUT2D eigenvalue weighted by molar-refractivity contribution is -0.864. The molecule has 1 heterocycles. The van der Waals surface area contributed by atoms with E-state index >= 15 is 0 Å². The summed E-state index contributed by atoms with van der Waals surface area (Å²) in [7, 11) is 7.60. The van der Waals surface area contributed by atoms with Crippen LogP contribution in [-0.4, -0.2) is 79.4 Å². The molecule has 142 valence electrons. The van der Waals surface area contributed by atoms with Gasteiger partial charge in [-0.2, -0.15) is 0 Å². The van der Waals surface area contributed by atoms with Crippen molar-refractivity contribution >= 4 is 11.9 Å². The highest BCUT2D eigenvalue weighted by atomic mass is 16.4. The van der Waals surface area contributed by atoms with E-state index in [-0.39, 0.29) is 17.9 Å². The molecule has 1 aliphatic heterocycles. The van der Waals surface area contributed by atoms with Crippen LogP contribution in [0, 0.1) is 0 Å². The van der Waals surface area contributed by atoms with E-state index in [1.165, 1.54) is 56.6 Å². The summed E-state index contributed by atoms with van der Waals surface area (Å²) in [6.45, 7) is 2.71. The van der Waals surface area contributed by atoms with Crippen LogP contribution in [0.15, 0.2) is 24.3 Å². The van der Waals surface area contributed by atoms with Crippen molar-refractivity contribution in [1.82, 2.24) is 4.90 Å². The molecule has 0 aliphatic carbocycles. The SMILES string of the molecule is CN1CCCCC1.C[N+](C)(C)CC(=O)[O-].O=C(O)c1ccc(O)cc1. The van der Waals surface area contributed by atoms with E-state index in [9.17, 15) is 14.7 Å². The molecule has 7 heteroatoms. The molecule has 1 saturated heterocycles. The van der Waals surface area contributed by atoms with E-state index in [2.05, 4.69) is 11.9 Å². The number of carbonyl (C=O) groups is 2. The van der Waals surface area contributed by atoms with Gasteiger partial charge in [-0.3, -0.25) is 0 Å². The number of aliphatic carboxylic acids is 1. The third-order valence-electron chi connectivity index (χ3n) is 3.30. The summed E-state index contributed by atoms with van der Waals surface area (Å²) in [6.07, 6.45) is 4.28. The number of phenolic OH excluding ortho intramolecular Hbond substituents is 1. The fourth-order valence-electron chi connectivity index (χ4n) is 2.04. The number of piperidine rings is 1. The standard InChI is InChI=1S/C7H6O3.C6H13N.C5H11NO2/c8-6-3-1-5(2-4-6)7(9)10;1-7-5-3-2-4-6-7;1-6(2,3)4-5(7)8/h1-4,8H,(H,9,10);2-6H2,1H3;4H2,1-3H3. The van der Waals surface area contributed by atoms with Crippen LogP contribution in [0.1, 0.15) is 29.6 Å². The molecule has 2 rings (SSSR count). The molecule has 2 N–H and O–H groups in total. The maximum atomic E-state index is 10.2. The number of likely N-dealkylation sites (tertiary alicyclic amines) is 1. The minimum Gasteiger partial charge on any atom is -0.544 e. The Labute approximate surface area is 149 Å². The second-order valence-corrected chi connectivity index (χ2v) is 7.04.